The molecule has 0 unspecified atom stereocenters. The lowest BCUT2D eigenvalue weighted by molar-refractivity contribution is 0.294. The number of hydrogen-bond acceptors (Lipinski definition) is 3. The van der Waals surface area contributed by atoms with Gasteiger partial charge in [-0.1, -0.05) is 30.3 Å². The molecule has 0 aromatic heterocycles. The molecule has 0 aliphatic carbocycles. The van der Waals surface area contributed by atoms with Gasteiger partial charge in [-0.05, 0) is 17.6 Å². The molecule has 0 amide bonds. The van der Waals surface area contributed by atoms with Gasteiger partial charge < -0.3 is 9.66 Å². The van der Waals surface area contributed by atoms with E-state index in [1.165, 1.54) is 0 Å². The topological polar surface area (TPSA) is 40.5 Å². The van der Waals surface area contributed by atoms with Gasteiger partial charge in [0.2, 0.25) is 0 Å². The molecule has 0 radical (unpaired) electrons. The molecule has 1 aromatic rings. The van der Waals surface area contributed by atoms with E-state index in [0.717, 1.165) is 5.56 Å². The van der Waals surface area contributed by atoms with Crippen molar-refractivity contribution in [3.63, 3.8) is 0 Å². The Morgan fingerprint density at radius 1 is 1.27 bits per heavy atom. The summed E-state index contributed by atoms with van der Waals surface area (Å²) >= 11 is 0.673. The number of aliphatic hydroxyl groups is 1. The Kier molecular flexibility index (Phi) is 3.42. The lowest BCUT2D eigenvalue weighted by Crippen LogP contribution is -1.97. The first-order valence-electron chi connectivity index (χ1n) is 3.34. The van der Waals surface area contributed by atoms with E-state index < -0.39 is 0 Å². The zero-order chi connectivity index (χ0) is 8.10. The minimum atomic E-state index is -0.212. The van der Waals surface area contributed by atoms with Gasteiger partial charge in [0.25, 0.3) is 0 Å². The highest BCUT2D eigenvalue weighted by Gasteiger charge is 2.08. The van der Waals surface area contributed by atoms with E-state index in [-0.39, 0.29) is 11.9 Å². The second kappa shape index (κ2) is 4.38. The molecule has 0 fully saturated rings. The predicted octanol–water partition coefficient (Wildman–Crippen LogP) is 1.93. The Bertz CT molecular complexity index is 197. The van der Waals surface area contributed by atoms with Crippen LogP contribution >= 0.6 is 12.0 Å². The average molecular weight is 170 g/mol. The Labute approximate surface area is 70.1 Å². The van der Waals surface area contributed by atoms with Crippen LogP contribution in [0, 0.1) is 0 Å². The van der Waals surface area contributed by atoms with Crippen LogP contribution in [0.3, 0.4) is 0 Å². The zero-order valence-corrected chi connectivity index (χ0v) is 6.79. The lowest BCUT2D eigenvalue weighted by Gasteiger charge is -2.08. The molecule has 1 aromatic carbocycles. The van der Waals surface area contributed by atoms with Crippen molar-refractivity contribution in [3.8, 4) is 0 Å². The minimum Gasteiger partial charge on any atom is -0.395 e. The largest absolute Gasteiger partial charge is 0.395 e. The van der Waals surface area contributed by atoms with E-state index in [1.807, 2.05) is 30.3 Å². The number of aliphatic hydroxyl groups excluding tert-OH is 1. The molecule has 0 bridgehead atoms. The molecule has 3 heteroatoms. The fraction of sp³-hybridized carbons (Fsp3) is 0.250. The minimum absolute atomic E-state index is 0.0365. The highest BCUT2D eigenvalue weighted by molar-refractivity contribution is 7.94. The maximum absolute atomic E-state index is 8.80. The number of benzene rings is 1. The fourth-order valence-corrected chi connectivity index (χ4v) is 1.21. The van der Waals surface area contributed by atoms with Crippen molar-refractivity contribution < 1.29 is 9.66 Å². The first kappa shape index (κ1) is 8.59. The van der Waals surface area contributed by atoms with Crippen LogP contribution in [0.5, 0.6) is 0 Å². The molecule has 0 saturated carbocycles. The van der Waals surface area contributed by atoms with Crippen LogP contribution in [0.4, 0.5) is 0 Å². The molecule has 0 spiro atoms. The van der Waals surface area contributed by atoms with E-state index in [4.69, 9.17) is 9.66 Å². The van der Waals surface area contributed by atoms with Gasteiger partial charge in [0.05, 0.1) is 11.9 Å². The fourth-order valence-electron chi connectivity index (χ4n) is 0.867. The first-order chi connectivity index (χ1) is 5.38. The zero-order valence-electron chi connectivity index (χ0n) is 5.97. The summed E-state index contributed by atoms with van der Waals surface area (Å²) in [6, 6.07) is 9.43. The Hall–Kier alpha value is -0.510. The quantitative estimate of drug-likeness (QED) is 0.681. The molecule has 0 aliphatic heterocycles. The van der Waals surface area contributed by atoms with E-state index >= 15 is 0 Å². The van der Waals surface area contributed by atoms with Crippen molar-refractivity contribution >= 4 is 12.0 Å². The molecule has 0 heterocycles. The van der Waals surface area contributed by atoms with Gasteiger partial charge in [0.15, 0.2) is 0 Å². The van der Waals surface area contributed by atoms with Crippen LogP contribution in [-0.2, 0) is 0 Å². The van der Waals surface area contributed by atoms with E-state index in [9.17, 15) is 0 Å². The van der Waals surface area contributed by atoms with Crippen molar-refractivity contribution in [1.82, 2.24) is 0 Å². The number of rotatable bonds is 3. The highest BCUT2D eigenvalue weighted by atomic mass is 32.2. The molecule has 11 heavy (non-hydrogen) atoms. The average Bonchev–Trinajstić information content (AvgIpc) is 2.09. The van der Waals surface area contributed by atoms with E-state index in [1.54, 1.807) is 0 Å². The predicted molar refractivity (Wildman–Crippen MR) is 46.5 cm³/mol. The van der Waals surface area contributed by atoms with E-state index in [2.05, 4.69) is 0 Å². The Balaban J connectivity index is 2.74. The summed E-state index contributed by atoms with van der Waals surface area (Å²) in [5.41, 5.74) is 0.947. The third kappa shape index (κ3) is 2.22. The van der Waals surface area contributed by atoms with Gasteiger partial charge in [-0.15, -0.1) is 0 Å². The molecule has 1 rings (SSSR count). The van der Waals surface area contributed by atoms with Crippen LogP contribution in [0.15, 0.2) is 30.3 Å². The summed E-state index contributed by atoms with van der Waals surface area (Å²) in [5, 5.41) is 8.59. The van der Waals surface area contributed by atoms with Crippen molar-refractivity contribution in [3.05, 3.63) is 35.9 Å². The maximum Gasteiger partial charge on any atom is 0.0788 e. The van der Waals surface area contributed by atoms with Gasteiger partial charge in [-0.25, -0.2) is 0 Å². The SMILES string of the molecule is OC[C@@H](SO)c1ccccc1. The van der Waals surface area contributed by atoms with Crippen LogP contribution in [0.1, 0.15) is 10.8 Å². The molecular weight excluding hydrogens is 160 g/mol. The molecule has 1 atom stereocenters. The van der Waals surface area contributed by atoms with Crippen LogP contribution in [0.2, 0.25) is 0 Å². The van der Waals surface area contributed by atoms with Crippen LogP contribution in [0.25, 0.3) is 0 Å². The molecule has 0 saturated heterocycles. The van der Waals surface area contributed by atoms with Gasteiger partial charge >= 0.3 is 0 Å². The molecule has 2 nitrogen and oxygen atoms in total. The Morgan fingerprint density at radius 3 is 2.36 bits per heavy atom. The molecule has 60 valence electrons. The van der Waals surface area contributed by atoms with Crippen LogP contribution in [-0.4, -0.2) is 16.3 Å². The molecule has 0 aliphatic rings. The van der Waals surface area contributed by atoms with Gasteiger partial charge in [0.1, 0.15) is 0 Å². The molecule has 2 N–H and O–H groups in total. The summed E-state index contributed by atoms with van der Waals surface area (Å²) in [7, 11) is 0. The van der Waals surface area contributed by atoms with Crippen molar-refractivity contribution in [2.24, 2.45) is 0 Å². The van der Waals surface area contributed by atoms with E-state index in [0.29, 0.717) is 12.0 Å². The third-order valence-corrected chi connectivity index (χ3v) is 2.14. The normalized spacial score (nSPS) is 12.9. The van der Waals surface area contributed by atoms with Crippen molar-refractivity contribution in [1.29, 1.82) is 0 Å². The highest BCUT2D eigenvalue weighted by Crippen LogP contribution is 2.24. The summed E-state index contributed by atoms with van der Waals surface area (Å²) in [6.45, 7) is -0.0365. The second-order valence-electron chi connectivity index (χ2n) is 2.19. The van der Waals surface area contributed by atoms with Gasteiger partial charge in [-0.3, -0.25) is 0 Å². The van der Waals surface area contributed by atoms with Crippen LogP contribution < -0.4 is 0 Å². The van der Waals surface area contributed by atoms with Crippen molar-refractivity contribution in [2.75, 3.05) is 6.61 Å². The third-order valence-electron chi connectivity index (χ3n) is 1.46. The summed E-state index contributed by atoms with van der Waals surface area (Å²) in [4.78, 5) is 0. The summed E-state index contributed by atoms with van der Waals surface area (Å²) in [5.74, 6) is 0. The first-order valence-corrected chi connectivity index (χ1v) is 4.18. The molecular formula is C8H10O2S. The number of hydrogen-bond donors (Lipinski definition) is 2. The standard InChI is InChI=1S/C8H10O2S/c9-6-8(11-10)7-4-2-1-3-5-7/h1-5,8-10H,6H2/t8-/m1/s1. The smallest absolute Gasteiger partial charge is 0.0788 e. The Morgan fingerprint density at radius 2 is 1.91 bits per heavy atom. The second-order valence-corrected chi connectivity index (χ2v) is 2.97. The monoisotopic (exact) mass is 170 g/mol. The maximum atomic E-state index is 8.80. The summed E-state index contributed by atoms with van der Waals surface area (Å²) < 4.78 is 8.74. The van der Waals surface area contributed by atoms with Gasteiger partial charge in [-0.2, -0.15) is 0 Å². The summed E-state index contributed by atoms with van der Waals surface area (Å²) in [6.07, 6.45) is 0. The van der Waals surface area contributed by atoms with Gasteiger partial charge in [0, 0.05) is 0 Å². The lowest BCUT2D eigenvalue weighted by atomic mass is 10.2. The van der Waals surface area contributed by atoms with Crippen molar-refractivity contribution in [2.45, 2.75) is 5.25 Å².